The van der Waals surface area contributed by atoms with Crippen LogP contribution in [0.1, 0.15) is 6.92 Å². The maximum atomic E-state index is 11.8. The van der Waals surface area contributed by atoms with Crippen molar-refractivity contribution in [2.75, 3.05) is 37.6 Å². The van der Waals surface area contributed by atoms with Crippen LogP contribution in [0.5, 0.6) is 0 Å². The summed E-state index contributed by atoms with van der Waals surface area (Å²) in [4.78, 5) is 20.7. The molecule has 0 bridgehead atoms. The van der Waals surface area contributed by atoms with Crippen molar-refractivity contribution in [1.29, 1.82) is 0 Å². The number of rotatable bonds is 4. The maximum Gasteiger partial charge on any atom is 0.433 e. The lowest BCUT2D eigenvalue weighted by molar-refractivity contribution is -0.109. The lowest BCUT2D eigenvalue weighted by atomic mass is 10.2. The highest BCUT2D eigenvalue weighted by Crippen LogP contribution is 2.15. The van der Waals surface area contributed by atoms with Crippen LogP contribution in [0, 0.1) is 0 Å². The van der Waals surface area contributed by atoms with Gasteiger partial charge in [-0.1, -0.05) is 30.4 Å². The number of hydrogen-bond donors (Lipinski definition) is 0. The second kappa shape index (κ2) is 7.21. The molecule has 0 aromatic heterocycles. The Bertz CT molecular complexity index is 447. The first-order chi connectivity index (χ1) is 9.74. The number of para-hydroxylation sites is 1. The number of amides is 1. The van der Waals surface area contributed by atoms with Crippen molar-refractivity contribution in [3.05, 3.63) is 30.3 Å². The fraction of sp³-hybridized carbons (Fsp3) is 0.429. The number of nitrogens with zero attached hydrogens (tertiary/aromatic N) is 3. The monoisotopic (exact) mass is 293 g/mol. The molecule has 2 rings (SSSR count). The van der Waals surface area contributed by atoms with Gasteiger partial charge in [0.1, 0.15) is 0 Å². The van der Waals surface area contributed by atoms with E-state index in [2.05, 4.69) is 17.0 Å². The lowest BCUT2D eigenvalue weighted by Crippen LogP contribution is -2.48. The first-order valence-corrected chi connectivity index (χ1v) is 7.20. The Balaban J connectivity index is 1.83. The molecule has 20 heavy (non-hydrogen) atoms. The van der Waals surface area contributed by atoms with E-state index < -0.39 is 6.09 Å². The molecule has 1 aliphatic heterocycles. The SMILES string of the molecule is CCN(C=S)C(=O)ON1CCN(c2ccccc2)CC1. The van der Waals surface area contributed by atoms with Crippen LogP contribution in [0.25, 0.3) is 0 Å². The molecule has 1 aromatic rings. The summed E-state index contributed by atoms with van der Waals surface area (Å²) in [5.41, 5.74) is 2.52. The van der Waals surface area contributed by atoms with Gasteiger partial charge in [0, 0.05) is 25.3 Å². The fourth-order valence-electron chi connectivity index (χ4n) is 2.09. The minimum atomic E-state index is -0.407. The molecule has 0 radical (unpaired) electrons. The van der Waals surface area contributed by atoms with Crippen LogP contribution in [0.3, 0.4) is 0 Å². The standard InChI is InChI=1S/C14H19N3O2S/c1-2-15(12-20)14(18)19-17-10-8-16(9-11-17)13-6-4-3-5-7-13/h3-7,12H,2,8-11H2,1H3. The van der Waals surface area contributed by atoms with E-state index in [4.69, 9.17) is 17.1 Å². The molecule has 0 N–H and O–H groups in total. The summed E-state index contributed by atoms with van der Waals surface area (Å²) < 4.78 is 0. The highest BCUT2D eigenvalue weighted by atomic mass is 32.1. The quantitative estimate of drug-likeness (QED) is 0.795. The molecule has 1 amide bonds. The molecule has 1 aromatic carbocycles. The van der Waals surface area contributed by atoms with Crippen LogP contribution in [0.15, 0.2) is 30.3 Å². The van der Waals surface area contributed by atoms with Crippen molar-refractivity contribution in [2.24, 2.45) is 0 Å². The third-order valence-corrected chi connectivity index (χ3v) is 3.52. The van der Waals surface area contributed by atoms with Crippen LogP contribution in [0.4, 0.5) is 10.5 Å². The third kappa shape index (κ3) is 3.68. The van der Waals surface area contributed by atoms with E-state index in [0.29, 0.717) is 19.6 Å². The zero-order valence-electron chi connectivity index (χ0n) is 11.6. The zero-order valence-corrected chi connectivity index (χ0v) is 12.4. The van der Waals surface area contributed by atoms with Gasteiger partial charge in [-0.25, -0.2) is 4.79 Å². The molecule has 1 heterocycles. The van der Waals surface area contributed by atoms with Crippen molar-refractivity contribution >= 4 is 29.5 Å². The van der Waals surface area contributed by atoms with Crippen LogP contribution in [-0.4, -0.2) is 54.3 Å². The zero-order chi connectivity index (χ0) is 14.4. The summed E-state index contributed by atoms with van der Waals surface area (Å²) in [5.74, 6) is 0. The van der Waals surface area contributed by atoms with E-state index in [-0.39, 0.29) is 0 Å². The lowest BCUT2D eigenvalue weighted by Gasteiger charge is -2.35. The van der Waals surface area contributed by atoms with E-state index in [1.54, 1.807) is 5.06 Å². The van der Waals surface area contributed by atoms with E-state index >= 15 is 0 Å². The van der Waals surface area contributed by atoms with Crippen molar-refractivity contribution in [3.63, 3.8) is 0 Å². The van der Waals surface area contributed by atoms with Gasteiger partial charge in [0.2, 0.25) is 0 Å². The molecule has 1 fully saturated rings. The number of benzene rings is 1. The van der Waals surface area contributed by atoms with E-state index in [9.17, 15) is 4.79 Å². The minimum Gasteiger partial charge on any atom is -0.369 e. The number of hydrogen-bond acceptors (Lipinski definition) is 5. The van der Waals surface area contributed by atoms with Crippen LogP contribution in [0.2, 0.25) is 0 Å². The average Bonchev–Trinajstić information content (AvgIpc) is 2.50. The van der Waals surface area contributed by atoms with E-state index in [1.807, 2.05) is 25.1 Å². The van der Waals surface area contributed by atoms with Crippen molar-refractivity contribution in [1.82, 2.24) is 9.96 Å². The molecule has 0 unspecified atom stereocenters. The van der Waals surface area contributed by atoms with Gasteiger partial charge in [0.25, 0.3) is 0 Å². The number of piperazine rings is 1. The predicted octanol–water partition coefficient (Wildman–Crippen LogP) is 2.14. The molecule has 1 aliphatic rings. The van der Waals surface area contributed by atoms with Gasteiger partial charge in [-0.2, -0.15) is 0 Å². The van der Waals surface area contributed by atoms with Crippen molar-refractivity contribution in [2.45, 2.75) is 6.92 Å². The molecule has 0 aliphatic carbocycles. The van der Waals surface area contributed by atoms with Crippen LogP contribution >= 0.6 is 12.2 Å². The molecule has 108 valence electrons. The molecule has 0 atom stereocenters. The van der Waals surface area contributed by atoms with Crippen LogP contribution < -0.4 is 4.90 Å². The molecule has 1 saturated heterocycles. The summed E-state index contributed by atoms with van der Waals surface area (Å²) in [6.07, 6.45) is -0.407. The molecule has 5 nitrogen and oxygen atoms in total. The first kappa shape index (κ1) is 14.7. The highest BCUT2D eigenvalue weighted by Gasteiger charge is 2.21. The first-order valence-electron chi connectivity index (χ1n) is 6.73. The fourth-order valence-corrected chi connectivity index (χ4v) is 2.32. The van der Waals surface area contributed by atoms with Gasteiger partial charge in [0.15, 0.2) is 0 Å². The maximum absolute atomic E-state index is 11.8. The summed E-state index contributed by atoms with van der Waals surface area (Å²) in [6.45, 7) is 5.43. The second-order valence-corrected chi connectivity index (χ2v) is 4.71. The number of carbonyl (C=O) groups excluding carboxylic acids is 1. The Morgan fingerprint density at radius 1 is 1.30 bits per heavy atom. The Hall–Kier alpha value is -1.66. The van der Waals surface area contributed by atoms with Gasteiger partial charge >= 0.3 is 6.09 Å². The van der Waals surface area contributed by atoms with Gasteiger partial charge in [-0.05, 0) is 19.1 Å². The summed E-state index contributed by atoms with van der Waals surface area (Å²) in [7, 11) is 0. The Labute approximate surface area is 124 Å². The third-order valence-electron chi connectivity index (χ3n) is 3.27. The number of carbonyl (C=O) groups is 1. The van der Waals surface area contributed by atoms with E-state index in [1.165, 1.54) is 16.1 Å². The van der Waals surface area contributed by atoms with Gasteiger partial charge in [-0.3, -0.25) is 4.90 Å². The second-order valence-electron chi connectivity index (χ2n) is 4.50. The Morgan fingerprint density at radius 3 is 2.50 bits per heavy atom. The topological polar surface area (TPSA) is 36.0 Å². The smallest absolute Gasteiger partial charge is 0.369 e. The minimum absolute atomic E-state index is 0.407. The predicted molar refractivity (Wildman–Crippen MR) is 82.7 cm³/mol. The van der Waals surface area contributed by atoms with E-state index in [0.717, 1.165) is 13.1 Å². The summed E-state index contributed by atoms with van der Waals surface area (Å²) in [5, 5.41) is 1.70. The van der Waals surface area contributed by atoms with Crippen LogP contribution in [-0.2, 0) is 4.84 Å². The number of hydroxylamine groups is 2. The van der Waals surface area contributed by atoms with Crippen molar-refractivity contribution < 1.29 is 9.63 Å². The average molecular weight is 293 g/mol. The highest BCUT2D eigenvalue weighted by molar-refractivity contribution is 7.78. The number of thiocarbonyl (C=S) groups is 1. The molecule has 0 spiro atoms. The normalized spacial score (nSPS) is 15.8. The summed E-state index contributed by atoms with van der Waals surface area (Å²) in [6, 6.07) is 10.2. The van der Waals surface area contributed by atoms with Gasteiger partial charge in [-0.15, -0.1) is 5.06 Å². The molecular formula is C14H19N3O2S. The number of anilines is 1. The Morgan fingerprint density at radius 2 is 1.95 bits per heavy atom. The molecule has 6 heteroatoms. The summed E-state index contributed by atoms with van der Waals surface area (Å²) >= 11 is 4.77. The Kier molecular flexibility index (Phi) is 5.31. The van der Waals surface area contributed by atoms with Gasteiger partial charge < -0.3 is 9.74 Å². The van der Waals surface area contributed by atoms with Gasteiger partial charge in [0.05, 0.1) is 18.6 Å². The van der Waals surface area contributed by atoms with Crippen molar-refractivity contribution in [3.8, 4) is 0 Å². The largest absolute Gasteiger partial charge is 0.433 e. The molecule has 0 saturated carbocycles. The molecular weight excluding hydrogens is 274 g/mol.